The Hall–Kier alpha value is -2.73. The van der Waals surface area contributed by atoms with Crippen molar-refractivity contribution < 1.29 is 24.2 Å². The van der Waals surface area contributed by atoms with Gasteiger partial charge in [-0.1, -0.05) is 41.7 Å². The van der Waals surface area contributed by atoms with Crippen LogP contribution in [0, 0.1) is 0 Å². The molecule has 23 heavy (non-hydrogen) atoms. The van der Waals surface area contributed by atoms with Crippen molar-refractivity contribution in [1.82, 2.24) is 0 Å². The van der Waals surface area contributed by atoms with E-state index in [2.05, 4.69) is 17.8 Å². The molecule has 1 heterocycles. The fourth-order valence-corrected chi connectivity index (χ4v) is 5.01. The van der Waals surface area contributed by atoms with Crippen LogP contribution in [0.25, 0.3) is 0 Å². The van der Waals surface area contributed by atoms with Gasteiger partial charge in [0.25, 0.3) is 0 Å². The van der Waals surface area contributed by atoms with Crippen molar-refractivity contribution in [2.24, 2.45) is 0 Å². The van der Waals surface area contributed by atoms with Gasteiger partial charge in [-0.05, 0) is 24.3 Å². The van der Waals surface area contributed by atoms with E-state index in [1.807, 2.05) is 18.2 Å². The molecule has 0 bridgehead atoms. The number of benzene rings is 2. The van der Waals surface area contributed by atoms with Crippen LogP contribution in [0.2, 0.25) is 13.1 Å². The van der Waals surface area contributed by atoms with Gasteiger partial charge in [-0.15, -0.1) is 0 Å². The van der Waals surface area contributed by atoms with Crippen molar-refractivity contribution in [3.05, 3.63) is 59.2 Å². The maximum atomic E-state index is 11.7. The lowest BCUT2D eigenvalue weighted by molar-refractivity contribution is 0.0443. The summed E-state index contributed by atoms with van der Waals surface area (Å²) in [5.74, 6) is -2.19. The first-order valence-corrected chi connectivity index (χ1v) is 10.1. The molecule has 6 heteroatoms. The fourth-order valence-electron chi connectivity index (χ4n) is 2.67. The molecule has 0 spiro atoms. The van der Waals surface area contributed by atoms with E-state index >= 15 is 0 Å². The van der Waals surface area contributed by atoms with Gasteiger partial charge in [0.1, 0.15) is 8.07 Å². The van der Waals surface area contributed by atoms with E-state index in [4.69, 9.17) is 5.11 Å². The summed E-state index contributed by atoms with van der Waals surface area (Å²) in [6.07, 6.45) is 0. The Morgan fingerprint density at radius 3 is 2.09 bits per heavy atom. The predicted octanol–water partition coefficient (Wildman–Crippen LogP) is 1.52. The Morgan fingerprint density at radius 2 is 1.48 bits per heavy atom. The number of aromatic carboxylic acids is 1. The van der Waals surface area contributed by atoms with Gasteiger partial charge in [0.15, 0.2) is 0 Å². The van der Waals surface area contributed by atoms with Gasteiger partial charge in [0.05, 0.1) is 16.7 Å². The van der Waals surface area contributed by atoms with Crippen molar-refractivity contribution in [1.29, 1.82) is 0 Å². The summed E-state index contributed by atoms with van der Waals surface area (Å²) in [6.45, 7) is 4.21. The number of esters is 2. The zero-order valence-corrected chi connectivity index (χ0v) is 13.6. The van der Waals surface area contributed by atoms with Gasteiger partial charge in [-0.3, -0.25) is 0 Å². The summed E-state index contributed by atoms with van der Waals surface area (Å²) in [4.78, 5) is 34.2. The Kier molecular flexibility index (Phi) is 3.41. The highest BCUT2D eigenvalue weighted by Crippen LogP contribution is 2.19. The molecule has 0 atom stereocenters. The Balaban J connectivity index is 2.03. The number of ether oxygens (including phenoxy) is 1. The number of fused-ring (bicyclic) bond motifs is 1. The summed E-state index contributed by atoms with van der Waals surface area (Å²) in [6, 6.07) is 12.0. The Bertz CT molecular complexity index is 837. The van der Waals surface area contributed by atoms with Crippen molar-refractivity contribution in [3.8, 4) is 0 Å². The topological polar surface area (TPSA) is 80.7 Å². The van der Waals surface area contributed by atoms with E-state index in [-0.39, 0.29) is 5.56 Å². The quantitative estimate of drug-likeness (QED) is 0.525. The molecule has 0 radical (unpaired) electrons. The third kappa shape index (κ3) is 2.47. The van der Waals surface area contributed by atoms with E-state index in [0.29, 0.717) is 11.1 Å². The van der Waals surface area contributed by atoms with Crippen LogP contribution in [-0.2, 0) is 4.74 Å². The van der Waals surface area contributed by atoms with Crippen molar-refractivity contribution in [2.45, 2.75) is 13.1 Å². The minimum absolute atomic E-state index is 0.238. The number of carbonyl (C=O) groups is 3. The normalized spacial score (nSPS) is 13.7. The number of carboxylic acids is 1. The van der Waals surface area contributed by atoms with E-state index in [1.165, 1.54) is 0 Å². The first-order valence-electron chi connectivity index (χ1n) is 7.05. The van der Waals surface area contributed by atoms with Gasteiger partial charge in [-0.25, -0.2) is 14.4 Å². The van der Waals surface area contributed by atoms with E-state index in [9.17, 15) is 14.4 Å². The lowest BCUT2D eigenvalue weighted by Crippen LogP contribution is -2.53. The molecule has 116 valence electrons. The van der Waals surface area contributed by atoms with Gasteiger partial charge < -0.3 is 9.84 Å². The van der Waals surface area contributed by atoms with Crippen LogP contribution in [0.3, 0.4) is 0 Å². The zero-order chi connectivity index (χ0) is 16.8. The highest BCUT2D eigenvalue weighted by molar-refractivity contribution is 7.00. The van der Waals surface area contributed by atoms with Crippen molar-refractivity contribution in [3.63, 3.8) is 0 Å². The van der Waals surface area contributed by atoms with Gasteiger partial charge in [-0.2, -0.15) is 0 Å². The van der Waals surface area contributed by atoms with Crippen LogP contribution in [0.5, 0.6) is 0 Å². The van der Waals surface area contributed by atoms with Crippen LogP contribution in [0.15, 0.2) is 42.5 Å². The largest absolute Gasteiger partial charge is 0.478 e. The molecule has 5 nitrogen and oxygen atoms in total. The van der Waals surface area contributed by atoms with Crippen LogP contribution in [0.4, 0.5) is 0 Å². The molecule has 2 aromatic carbocycles. The third-order valence-corrected chi connectivity index (χ3v) is 7.75. The van der Waals surface area contributed by atoms with E-state index in [0.717, 1.165) is 10.4 Å². The number of hydrogen-bond acceptors (Lipinski definition) is 4. The molecular formula is C17H14O5Si. The first-order chi connectivity index (χ1) is 10.8. The molecule has 1 aliphatic heterocycles. The van der Waals surface area contributed by atoms with Crippen LogP contribution >= 0.6 is 0 Å². The standard InChI is InChI=1S/C17H14O5Si/c1-23(2,11-5-3-10(4-6-11)15(18)19)12-7-8-13-14(9-12)17(21)22-16(13)20/h3-9H,1-2H3,(H,18,19). The smallest absolute Gasteiger partial charge is 0.346 e. The third-order valence-electron chi connectivity index (χ3n) is 4.22. The number of cyclic esters (lactones) is 2. The zero-order valence-electron chi connectivity index (χ0n) is 12.6. The molecule has 0 saturated heterocycles. The maximum absolute atomic E-state index is 11.7. The Labute approximate surface area is 133 Å². The highest BCUT2D eigenvalue weighted by atomic mass is 28.3. The molecule has 0 saturated carbocycles. The summed E-state index contributed by atoms with van der Waals surface area (Å²) < 4.78 is 4.62. The second-order valence-corrected chi connectivity index (χ2v) is 10.3. The summed E-state index contributed by atoms with van der Waals surface area (Å²) in [5.41, 5.74) is 0.835. The second-order valence-electron chi connectivity index (χ2n) is 5.94. The maximum Gasteiger partial charge on any atom is 0.346 e. The van der Waals surface area contributed by atoms with Gasteiger partial charge >= 0.3 is 17.9 Å². The minimum Gasteiger partial charge on any atom is -0.478 e. The summed E-state index contributed by atoms with van der Waals surface area (Å²) in [5, 5.41) is 11.0. The van der Waals surface area contributed by atoms with Gasteiger partial charge in [0.2, 0.25) is 0 Å². The monoisotopic (exact) mass is 326 g/mol. The summed E-state index contributed by atoms with van der Waals surface area (Å²) in [7, 11) is -2.12. The highest BCUT2D eigenvalue weighted by Gasteiger charge is 2.33. The number of hydrogen-bond donors (Lipinski definition) is 1. The molecule has 0 amide bonds. The lowest BCUT2D eigenvalue weighted by Gasteiger charge is -2.24. The van der Waals surface area contributed by atoms with Crippen LogP contribution in [0.1, 0.15) is 31.1 Å². The van der Waals surface area contributed by atoms with Crippen molar-refractivity contribution in [2.75, 3.05) is 0 Å². The fraction of sp³-hybridized carbons (Fsp3) is 0.118. The molecule has 0 unspecified atom stereocenters. The SMILES string of the molecule is C[Si](C)(c1ccc(C(=O)O)cc1)c1ccc2c(c1)C(=O)OC2=O. The second kappa shape index (κ2) is 5.17. The molecule has 0 aliphatic carbocycles. The van der Waals surface area contributed by atoms with Crippen LogP contribution < -0.4 is 10.4 Å². The average molecular weight is 326 g/mol. The molecular weight excluding hydrogens is 312 g/mol. The first kappa shape index (κ1) is 15.2. The molecule has 0 aromatic heterocycles. The van der Waals surface area contributed by atoms with Gasteiger partial charge in [0, 0.05) is 0 Å². The average Bonchev–Trinajstić information content (AvgIpc) is 2.81. The van der Waals surface area contributed by atoms with Crippen molar-refractivity contribution >= 4 is 36.4 Å². The van der Waals surface area contributed by atoms with Crippen LogP contribution in [-0.4, -0.2) is 31.1 Å². The van der Waals surface area contributed by atoms with E-state index in [1.54, 1.807) is 24.3 Å². The predicted molar refractivity (Wildman–Crippen MR) is 86.3 cm³/mol. The number of rotatable bonds is 3. The number of carboxylic acid groups (broad SMARTS) is 1. The lowest BCUT2D eigenvalue weighted by atomic mass is 10.1. The molecule has 3 rings (SSSR count). The molecule has 0 fully saturated rings. The molecule has 2 aromatic rings. The van der Waals surface area contributed by atoms with E-state index < -0.39 is 26.0 Å². The minimum atomic E-state index is -2.12. The summed E-state index contributed by atoms with van der Waals surface area (Å²) >= 11 is 0. The molecule has 1 aliphatic rings. The number of carbonyl (C=O) groups excluding carboxylic acids is 2. The Morgan fingerprint density at radius 1 is 0.913 bits per heavy atom. The molecule has 1 N–H and O–H groups in total.